The zero-order valence-corrected chi connectivity index (χ0v) is 9.91. The molecule has 2 heterocycles. The highest BCUT2D eigenvalue weighted by Gasteiger charge is 2.10. The lowest BCUT2D eigenvalue weighted by Crippen LogP contribution is -2.29. The van der Waals surface area contributed by atoms with Crippen LogP contribution in [0.5, 0.6) is 0 Å². The Morgan fingerprint density at radius 3 is 3.12 bits per heavy atom. The Kier molecular flexibility index (Phi) is 3.89. The average molecular weight is 251 g/mol. The first-order valence-corrected chi connectivity index (χ1v) is 6.15. The van der Waals surface area contributed by atoms with Crippen molar-refractivity contribution >= 4 is 17.2 Å². The summed E-state index contributed by atoms with van der Waals surface area (Å²) in [7, 11) is 0. The first-order valence-electron chi connectivity index (χ1n) is 5.21. The summed E-state index contributed by atoms with van der Waals surface area (Å²) in [5.41, 5.74) is 1.59. The molecule has 1 amide bonds. The number of carbonyl (C=O) groups is 1. The van der Waals surface area contributed by atoms with Gasteiger partial charge in [-0.2, -0.15) is 16.4 Å². The molecular formula is C11H13N3O2S. The van der Waals surface area contributed by atoms with E-state index in [4.69, 9.17) is 0 Å². The second kappa shape index (κ2) is 5.60. The third-order valence-corrected chi connectivity index (χ3v) is 3.03. The van der Waals surface area contributed by atoms with E-state index in [-0.39, 0.29) is 18.9 Å². The molecule has 1 unspecified atom stereocenters. The fourth-order valence-electron chi connectivity index (χ4n) is 1.41. The highest BCUT2D eigenvalue weighted by molar-refractivity contribution is 7.07. The maximum Gasteiger partial charge on any atom is 0.226 e. The maximum atomic E-state index is 11.5. The second-order valence-electron chi connectivity index (χ2n) is 3.64. The Bertz CT molecular complexity index is 453. The molecule has 0 radical (unpaired) electrons. The van der Waals surface area contributed by atoms with E-state index >= 15 is 0 Å². The van der Waals surface area contributed by atoms with Gasteiger partial charge in [0, 0.05) is 18.4 Å². The van der Waals surface area contributed by atoms with Crippen LogP contribution in [0.15, 0.2) is 29.1 Å². The van der Waals surface area contributed by atoms with Crippen LogP contribution < -0.4 is 5.32 Å². The largest absolute Gasteiger partial charge is 0.387 e. The molecule has 6 heteroatoms. The number of aromatic amines is 1. The number of nitrogens with one attached hydrogen (secondary N) is 2. The van der Waals surface area contributed by atoms with Crippen molar-refractivity contribution in [3.63, 3.8) is 0 Å². The number of hydrogen-bond donors (Lipinski definition) is 3. The van der Waals surface area contributed by atoms with E-state index in [0.29, 0.717) is 0 Å². The lowest BCUT2D eigenvalue weighted by Gasteiger charge is -2.09. The summed E-state index contributed by atoms with van der Waals surface area (Å²) in [5, 5.41) is 22.7. The number of aliphatic hydroxyl groups is 1. The van der Waals surface area contributed by atoms with Crippen molar-refractivity contribution in [3.8, 4) is 0 Å². The van der Waals surface area contributed by atoms with Gasteiger partial charge in [-0.05, 0) is 28.5 Å². The molecular weight excluding hydrogens is 238 g/mol. The Morgan fingerprint density at radius 1 is 1.59 bits per heavy atom. The molecule has 0 bridgehead atoms. The van der Waals surface area contributed by atoms with E-state index in [1.54, 1.807) is 12.3 Å². The molecule has 1 atom stereocenters. The normalized spacial score (nSPS) is 12.3. The zero-order chi connectivity index (χ0) is 12.1. The number of nitrogens with zero attached hydrogens (tertiary/aromatic N) is 1. The number of hydrogen-bond acceptors (Lipinski definition) is 4. The summed E-state index contributed by atoms with van der Waals surface area (Å²) in [5.74, 6) is -0.136. The molecule has 0 aliphatic carbocycles. The van der Waals surface area contributed by atoms with Crippen LogP contribution in [-0.4, -0.2) is 27.8 Å². The Balaban J connectivity index is 1.76. The molecule has 0 aromatic carbocycles. The molecule has 2 rings (SSSR count). The third kappa shape index (κ3) is 3.40. The van der Waals surface area contributed by atoms with Crippen molar-refractivity contribution in [2.45, 2.75) is 12.5 Å². The van der Waals surface area contributed by atoms with Crippen molar-refractivity contribution in [1.29, 1.82) is 0 Å². The predicted octanol–water partition coefficient (Wildman–Crippen LogP) is 0.863. The molecule has 0 spiro atoms. The lowest BCUT2D eigenvalue weighted by molar-refractivity contribution is -0.120. The van der Waals surface area contributed by atoms with Gasteiger partial charge in [0.1, 0.15) is 0 Å². The number of H-pyrrole nitrogens is 1. The number of carbonyl (C=O) groups excluding carboxylic acids is 1. The van der Waals surface area contributed by atoms with Crippen LogP contribution in [0.3, 0.4) is 0 Å². The minimum atomic E-state index is -0.646. The van der Waals surface area contributed by atoms with Crippen LogP contribution in [-0.2, 0) is 11.2 Å². The van der Waals surface area contributed by atoms with E-state index in [1.807, 2.05) is 16.8 Å². The summed E-state index contributed by atoms with van der Waals surface area (Å²) < 4.78 is 0. The van der Waals surface area contributed by atoms with Crippen LogP contribution in [0.2, 0.25) is 0 Å². The molecule has 90 valence electrons. The van der Waals surface area contributed by atoms with Crippen molar-refractivity contribution in [3.05, 3.63) is 40.3 Å². The topological polar surface area (TPSA) is 78.0 Å². The minimum Gasteiger partial charge on any atom is -0.387 e. The van der Waals surface area contributed by atoms with Crippen molar-refractivity contribution in [2.75, 3.05) is 6.54 Å². The molecule has 0 saturated carbocycles. The average Bonchev–Trinajstić information content (AvgIpc) is 2.97. The van der Waals surface area contributed by atoms with Crippen LogP contribution in [0.1, 0.15) is 17.4 Å². The molecule has 0 aliphatic rings. The molecule has 0 aliphatic heterocycles. The smallest absolute Gasteiger partial charge is 0.226 e. The lowest BCUT2D eigenvalue weighted by atomic mass is 10.2. The van der Waals surface area contributed by atoms with Crippen LogP contribution in [0.4, 0.5) is 0 Å². The van der Waals surface area contributed by atoms with E-state index in [0.717, 1.165) is 11.3 Å². The quantitative estimate of drug-likeness (QED) is 0.737. The number of aliphatic hydroxyl groups excluding tert-OH is 1. The van der Waals surface area contributed by atoms with E-state index in [9.17, 15) is 9.90 Å². The first kappa shape index (κ1) is 11.8. The monoisotopic (exact) mass is 251 g/mol. The minimum absolute atomic E-state index is 0.136. The Labute approximate surface area is 102 Å². The van der Waals surface area contributed by atoms with Crippen molar-refractivity contribution in [2.24, 2.45) is 0 Å². The van der Waals surface area contributed by atoms with Crippen LogP contribution >= 0.6 is 11.3 Å². The van der Waals surface area contributed by atoms with Gasteiger partial charge in [-0.3, -0.25) is 9.89 Å². The van der Waals surface area contributed by atoms with Crippen LogP contribution in [0.25, 0.3) is 0 Å². The molecule has 17 heavy (non-hydrogen) atoms. The first-order chi connectivity index (χ1) is 8.25. The van der Waals surface area contributed by atoms with Crippen molar-refractivity contribution in [1.82, 2.24) is 15.5 Å². The Morgan fingerprint density at radius 2 is 2.47 bits per heavy atom. The fourth-order valence-corrected chi connectivity index (χ4v) is 2.12. The summed E-state index contributed by atoms with van der Waals surface area (Å²) >= 11 is 1.52. The van der Waals surface area contributed by atoms with Gasteiger partial charge in [0.25, 0.3) is 0 Å². The number of rotatable bonds is 5. The molecule has 2 aromatic rings. The van der Waals surface area contributed by atoms with Gasteiger partial charge in [0.2, 0.25) is 5.91 Å². The number of amides is 1. The zero-order valence-electron chi connectivity index (χ0n) is 9.09. The SMILES string of the molecule is O=C(Cc1ccn[nH]1)NCC(O)c1ccsc1. The molecule has 3 N–H and O–H groups in total. The molecule has 2 aromatic heterocycles. The van der Waals surface area contributed by atoms with Crippen LogP contribution in [0, 0.1) is 0 Å². The third-order valence-electron chi connectivity index (χ3n) is 2.33. The highest BCUT2D eigenvalue weighted by atomic mass is 32.1. The fraction of sp³-hybridized carbons (Fsp3) is 0.273. The number of aromatic nitrogens is 2. The van der Waals surface area contributed by atoms with Gasteiger partial charge in [0.15, 0.2) is 0 Å². The van der Waals surface area contributed by atoms with Gasteiger partial charge >= 0.3 is 0 Å². The van der Waals surface area contributed by atoms with Gasteiger partial charge < -0.3 is 10.4 Å². The summed E-state index contributed by atoms with van der Waals surface area (Å²) in [6.45, 7) is 0.226. The van der Waals surface area contributed by atoms with E-state index in [1.165, 1.54) is 11.3 Å². The maximum absolute atomic E-state index is 11.5. The van der Waals surface area contributed by atoms with Gasteiger partial charge in [0.05, 0.1) is 12.5 Å². The standard InChI is InChI=1S/C11H13N3O2S/c15-10(8-2-4-17-7-8)6-12-11(16)5-9-1-3-13-14-9/h1-4,7,10,15H,5-6H2,(H,12,16)(H,13,14). The van der Waals surface area contributed by atoms with Gasteiger partial charge in [-0.1, -0.05) is 0 Å². The van der Waals surface area contributed by atoms with E-state index in [2.05, 4.69) is 15.5 Å². The molecule has 0 fully saturated rings. The summed E-state index contributed by atoms with van der Waals surface area (Å²) in [6, 6.07) is 3.59. The van der Waals surface area contributed by atoms with Crippen molar-refractivity contribution < 1.29 is 9.90 Å². The molecule has 5 nitrogen and oxygen atoms in total. The number of thiophene rings is 1. The molecule has 0 saturated heterocycles. The summed E-state index contributed by atoms with van der Waals surface area (Å²) in [4.78, 5) is 11.5. The highest BCUT2D eigenvalue weighted by Crippen LogP contribution is 2.14. The van der Waals surface area contributed by atoms with Gasteiger partial charge in [-0.15, -0.1) is 0 Å². The summed E-state index contributed by atoms with van der Waals surface area (Å²) in [6.07, 6.45) is 1.20. The predicted molar refractivity (Wildman–Crippen MR) is 64.6 cm³/mol. The Hall–Kier alpha value is -1.66. The second-order valence-corrected chi connectivity index (χ2v) is 4.42. The van der Waals surface area contributed by atoms with Gasteiger partial charge in [-0.25, -0.2) is 0 Å². The van der Waals surface area contributed by atoms with E-state index < -0.39 is 6.10 Å².